The van der Waals surface area contributed by atoms with Crippen LogP contribution < -0.4 is 4.74 Å². The predicted octanol–water partition coefficient (Wildman–Crippen LogP) is 7.26. The Balaban J connectivity index is 2.27. The highest BCUT2D eigenvalue weighted by atomic mass is 16.5. The van der Waals surface area contributed by atoms with Gasteiger partial charge in [0.1, 0.15) is 11.4 Å². The lowest BCUT2D eigenvalue weighted by atomic mass is 10.0. The van der Waals surface area contributed by atoms with Gasteiger partial charge in [-0.25, -0.2) is 9.59 Å². The predicted molar refractivity (Wildman–Crippen MR) is 118 cm³/mol. The van der Waals surface area contributed by atoms with Crippen molar-refractivity contribution >= 4 is 23.5 Å². The van der Waals surface area contributed by atoms with Crippen LogP contribution in [0.4, 0.5) is 11.4 Å². The molecule has 29 heavy (non-hydrogen) atoms. The molecule has 0 saturated carbocycles. The molecule has 1 aromatic carbocycles. The van der Waals surface area contributed by atoms with Crippen LogP contribution in [0.25, 0.3) is 0 Å². The lowest BCUT2D eigenvalue weighted by Gasteiger charge is -2.10. The summed E-state index contributed by atoms with van der Waals surface area (Å²) in [6.07, 6.45) is 20.9. The zero-order valence-corrected chi connectivity index (χ0v) is 18.2. The summed E-state index contributed by atoms with van der Waals surface area (Å²) in [6, 6.07) is 3.37. The molecule has 0 amide bonds. The normalized spacial score (nSPS) is 10.3. The second-order valence-corrected chi connectivity index (χ2v) is 7.55. The Hall–Kier alpha value is -2.22. The lowest BCUT2D eigenvalue weighted by molar-refractivity contribution is 0.415. The fourth-order valence-corrected chi connectivity index (χ4v) is 3.59. The number of aliphatic imine (C=N–C) groups is 2. The van der Waals surface area contributed by atoms with Crippen molar-refractivity contribution in [3.05, 3.63) is 17.7 Å². The molecule has 1 aromatic rings. The van der Waals surface area contributed by atoms with Crippen molar-refractivity contribution in [2.75, 3.05) is 7.11 Å². The first-order valence-electron chi connectivity index (χ1n) is 11.1. The van der Waals surface area contributed by atoms with E-state index in [1.165, 1.54) is 83.8 Å². The molecule has 0 heterocycles. The molecule has 0 spiro atoms. The summed E-state index contributed by atoms with van der Waals surface area (Å²) in [5, 5.41) is 0. The number of hydrogen-bond acceptors (Lipinski definition) is 5. The number of rotatable bonds is 17. The number of methoxy groups -OCH3 is 1. The first-order valence-corrected chi connectivity index (χ1v) is 11.1. The Morgan fingerprint density at radius 2 is 1.21 bits per heavy atom. The minimum absolute atomic E-state index is 0.325. The van der Waals surface area contributed by atoms with Crippen LogP contribution in [-0.2, 0) is 16.0 Å². The Bertz CT molecular complexity index is 675. The summed E-state index contributed by atoms with van der Waals surface area (Å²) in [6.45, 7) is 2.26. The molecule has 0 aliphatic heterocycles. The van der Waals surface area contributed by atoms with Crippen molar-refractivity contribution in [1.82, 2.24) is 0 Å². The van der Waals surface area contributed by atoms with E-state index in [1.54, 1.807) is 18.2 Å². The molecule has 0 N–H and O–H groups in total. The van der Waals surface area contributed by atoms with Crippen LogP contribution in [0.15, 0.2) is 22.1 Å². The van der Waals surface area contributed by atoms with E-state index < -0.39 is 0 Å². The smallest absolute Gasteiger partial charge is 0.240 e. The van der Waals surface area contributed by atoms with Crippen molar-refractivity contribution in [3.8, 4) is 5.75 Å². The summed E-state index contributed by atoms with van der Waals surface area (Å²) >= 11 is 0. The number of ether oxygens (including phenoxy) is 1. The summed E-state index contributed by atoms with van der Waals surface area (Å²) in [5.41, 5.74) is 1.73. The standard InChI is InChI=1S/C24H36N2O3/c1-3-4-5-6-7-8-9-10-11-12-13-14-15-16-21-17-24(29-2)23(26-20-28)18-22(21)25-19-27/h17-18H,3-16H2,1-2H3. The van der Waals surface area contributed by atoms with E-state index >= 15 is 0 Å². The Kier molecular flexibility index (Phi) is 14.3. The number of nitrogens with zero attached hydrogens (tertiary/aromatic N) is 2. The summed E-state index contributed by atoms with van der Waals surface area (Å²) in [4.78, 5) is 28.6. The van der Waals surface area contributed by atoms with Crippen molar-refractivity contribution in [2.45, 2.75) is 96.8 Å². The number of isocyanates is 2. The molecule has 0 atom stereocenters. The SMILES string of the molecule is CCCCCCCCCCCCCCCc1cc(OC)c(N=C=O)cc1N=C=O. The molecule has 160 valence electrons. The monoisotopic (exact) mass is 400 g/mol. The molecule has 0 aliphatic rings. The van der Waals surface area contributed by atoms with Crippen LogP contribution in [0, 0.1) is 0 Å². The molecule has 0 unspecified atom stereocenters. The minimum atomic E-state index is 0.325. The number of unbranched alkanes of at least 4 members (excludes halogenated alkanes) is 12. The molecule has 5 nitrogen and oxygen atoms in total. The van der Waals surface area contributed by atoms with Gasteiger partial charge in [0.25, 0.3) is 0 Å². The number of benzene rings is 1. The second-order valence-electron chi connectivity index (χ2n) is 7.55. The van der Waals surface area contributed by atoms with Crippen molar-refractivity contribution in [2.24, 2.45) is 9.98 Å². The fourth-order valence-electron chi connectivity index (χ4n) is 3.59. The van der Waals surface area contributed by atoms with E-state index in [4.69, 9.17) is 4.74 Å². The van der Waals surface area contributed by atoms with Gasteiger partial charge in [-0.3, -0.25) is 0 Å². The number of hydrogen-bond donors (Lipinski definition) is 0. The highest BCUT2D eigenvalue weighted by molar-refractivity contribution is 5.68. The fraction of sp³-hybridized carbons (Fsp3) is 0.667. The highest BCUT2D eigenvalue weighted by Crippen LogP contribution is 2.35. The van der Waals surface area contributed by atoms with Gasteiger partial charge in [0.05, 0.1) is 12.8 Å². The largest absolute Gasteiger partial charge is 0.494 e. The highest BCUT2D eigenvalue weighted by Gasteiger charge is 2.10. The Morgan fingerprint density at radius 1 is 0.724 bits per heavy atom. The first kappa shape index (κ1) is 24.8. The van der Waals surface area contributed by atoms with Gasteiger partial charge in [0.15, 0.2) is 0 Å². The van der Waals surface area contributed by atoms with Crippen LogP contribution in [0.1, 0.15) is 96.0 Å². The molecule has 0 bridgehead atoms. The topological polar surface area (TPSA) is 68.1 Å². The molecular weight excluding hydrogens is 364 g/mol. The average molecular weight is 401 g/mol. The van der Waals surface area contributed by atoms with Gasteiger partial charge < -0.3 is 4.74 Å². The van der Waals surface area contributed by atoms with Crippen molar-refractivity contribution in [1.29, 1.82) is 0 Å². The van der Waals surface area contributed by atoms with Crippen LogP contribution >= 0.6 is 0 Å². The third-order valence-corrected chi connectivity index (χ3v) is 5.26. The first-order chi connectivity index (χ1) is 14.3. The van der Waals surface area contributed by atoms with Crippen LogP contribution in [0.2, 0.25) is 0 Å². The van der Waals surface area contributed by atoms with Gasteiger partial charge in [0, 0.05) is 0 Å². The minimum Gasteiger partial charge on any atom is -0.494 e. The molecule has 0 saturated heterocycles. The number of carbonyl (C=O) groups excluding carboxylic acids is 2. The third-order valence-electron chi connectivity index (χ3n) is 5.26. The summed E-state index contributed by atoms with van der Waals surface area (Å²) < 4.78 is 5.28. The summed E-state index contributed by atoms with van der Waals surface area (Å²) in [7, 11) is 1.52. The second kappa shape index (κ2) is 16.7. The molecule has 0 radical (unpaired) electrons. The van der Waals surface area contributed by atoms with E-state index in [0.29, 0.717) is 17.1 Å². The zero-order chi connectivity index (χ0) is 21.2. The Morgan fingerprint density at radius 3 is 1.69 bits per heavy atom. The van der Waals surface area contributed by atoms with Gasteiger partial charge in [-0.1, -0.05) is 84.0 Å². The van der Waals surface area contributed by atoms with Gasteiger partial charge in [-0.2, -0.15) is 9.98 Å². The lowest BCUT2D eigenvalue weighted by Crippen LogP contribution is -1.91. The van der Waals surface area contributed by atoms with E-state index in [-0.39, 0.29) is 0 Å². The van der Waals surface area contributed by atoms with Crippen LogP contribution in [0.3, 0.4) is 0 Å². The molecule has 5 heteroatoms. The van der Waals surface area contributed by atoms with Gasteiger partial charge in [0.2, 0.25) is 12.2 Å². The van der Waals surface area contributed by atoms with E-state index in [1.807, 2.05) is 0 Å². The van der Waals surface area contributed by atoms with Gasteiger partial charge in [-0.05, 0) is 30.5 Å². The summed E-state index contributed by atoms with van der Waals surface area (Å²) in [5.74, 6) is 0.489. The van der Waals surface area contributed by atoms with Crippen molar-refractivity contribution < 1.29 is 14.3 Å². The molecular formula is C24H36N2O3. The van der Waals surface area contributed by atoms with Crippen molar-refractivity contribution in [3.63, 3.8) is 0 Å². The van der Waals surface area contributed by atoms with E-state index in [2.05, 4.69) is 16.9 Å². The zero-order valence-electron chi connectivity index (χ0n) is 18.2. The maximum Gasteiger partial charge on any atom is 0.240 e. The Labute approximate surface area is 175 Å². The van der Waals surface area contributed by atoms with Gasteiger partial charge in [-0.15, -0.1) is 0 Å². The van der Waals surface area contributed by atoms with Crippen LogP contribution in [-0.4, -0.2) is 19.3 Å². The maximum absolute atomic E-state index is 10.7. The molecule has 1 rings (SSSR count). The average Bonchev–Trinajstić information content (AvgIpc) is 2.73. The number of aryl methyl sites for hydroxylation is 1. The molecule has 0 aromatic heterocycles. The quantitative estimate of drug-likeness (QED) is 0.157. The molecule has 0 aliphatic carbocycles. The third kappa shape index (κ3) is 10.8. The van der Waals surface area contributed by atoms with Crippen LogP contribution in [0.5, 0.6) is 5.75 Å². The maximum atomic E-state index is 10.7. The van der Waals surface area contributed by atoms with E-state index in [9.17, 15) is 9.59 Å². The van der Waals surface area contributed by atoms with E-state index in [0.717, 1.165) is 24.8 Å². The molecule has 0 fully saturated rings. The van der Waals surface area contributed by atoms with Gasteiger partial charge >= 0.3 is 0 Å².